The first-order valence-electron chi connectivity index (χ1n) is 12.0. The maximum Gasteiger partial charge on any atom is 0.243 e. The van der Waals surface area contributed by atoms with Crippen LogP contribution in [0.2, 0.25) is 5.02 Å². The molecule has 0 fully saturated rings. The molecule has 0 unspecified atom stereocenters. The predicted molar refractivity (Wildman–Crippen MR) is 146 cm³/mol. The molecule has 0 aromatic heterocycles. The average molecular weight is 509 g/mol. The molecule has 2 amide bonds. The van der Waals surface area contributed by atoms with Crippen molar-refractivity contribution in [3.05, 3.63) is 101 Å². The lowest BCUT2D eigenvalue weighted by atomic mass is 10.0. The van der Waals surface area contributed by atoms with E-state index in [1.807, 2.05) is 84.9 Å². The Hall–Kier alpha value is -2.76. The molecule has 0 radical (unpaired) electrons. The highest BCUT2D eigenvalue weighted by atomic mass is 35.5. The summed E-state index contributed by atoms with van der Waals surface area (Å²) in [6, 6.07) is 26.8. The number of rotatable bonds is 12. The van der Waals surface area contributed by atoms with E-state index in [2.05, 4.69) is 19.2 Å². The molecular weight excluding hydrogens is 476 g/mol. The van der Waals surface area contributed by atoms with E-state index in [1.165, 1.54) is 0 Å². The van der Waals surface area contributed by atoms with E-state index in [-0.39, 0.29) is 11.8 Å². The topological polar surface area (TPSA) is 49.4 Å². The van der Waals surface area contributed by atoms with Crippen LogP contribution in [0.4, 0.5) is 0 Å². The minimum absolute atomic E-state index is 0.0380. The fourth-order valence-electron chi connectivity index (χ4n) is 3.68. The van der Waals surface area contributed by atoms with Crippen molar-refractivity contribution < 1.29 is 9.59 Å². The summed E-state index contributed by atoms with van der Waals surface area (Å²) in [6.07, 6.45) is 0.797. The van der Waals surface area contributed by atoms with E-state index in [4.69, 9.17) is 11.6 Å². The molecule has 184 valence electrons. The number of hydrogen-bond acceptors (Lipinski definition) is 3. The van der Waals surface area contributed by atoms with Gasteiger partial charge in [-0.05, 0) is 41.3 Å². The van der Waals surface area contributed by atoms with E-state index >= 15 is 0 Å². The second-order valence-electron chi connectivity index (χ2n) is 8.90. The van der Waals surface area contributed by atoms with Crippen LogP contribution in [0.5, 0.6) is 0 Å². The second kappa shape index (κ2) is 14.0. The summed E-state index contributed by atoms with van der Waals surface area (Å²) in [6.45, 7) is 5.03. The van der Waals surface area contributed by atoms with E-state index < -0.39 is 6.04 Å². The minimum atomic E-state index is -0.610. The average Bonchev–Trinajstić information content (AvgIpc) is 2.87. The fourth-order valence-corrected chi connectivity index (χ4v) is 4.67. The monoisotopic (exact) mass is 508 g/mol. The van der Waals surface area contributed by atoms with Crippen LogP contribution >= 0.6 is 23.4 Å². The molecular formula is C29H33ClN2O2S. The largest absolute Gasteiger partial charge is 0.354 e. The lowest BCUT2D eigenvalue weighted by Gasteiger charge is -2.32. The van der Waals surface area contributed by atoms with Crippen LogP contribution < -0.4 is 5.32 Å². The molecule has 6 heteroatoms. The summed E-state index contributed by atoms with van der Waals surface area (Å²) in [5.41, 5.74) is 1.96. The molecule has 0 bridgehead atoms. The molecule has 0 aliphatic heterocycles. The molecule has 0 heterocycles. The van der Waals surface area contributed by atoms with Gasteiger partial charge in [-0.1, -0.05) is 86.1 Å². The van der Waals surface area contributed by atoms with E-state index in [9.17, 15) is 9.59 Å². The standard InChI is InChI=1S/C29H33ClN2O2S/c1-22(2)20-31-29(34)27(19-23-9-5-3-6-10-23)32(21-24-13-15-25(30)16-14-24)28(33)17-18-35-26-11-7-4-8-12-26/h3-16,22,27H,17-21H2,1-2H3,(H,31,34)/t27-/m1/s1. The molecule has 1 atom stereocenters. The molecule has 3 aromatic rings. The van der Waals surface area contributed by atoms with Crippen molar-refractivity contribution in [2.75, 3.05) is 12.3 Å². The highest BCUT2D eigenvalue weighted by molar-refractivity contribution is 7.99. The van der Waals surface area contributed by atoms with Crippen molar-refractivity contribution in [2.45, 2.75) is 44.2 Å². The van der Waals surface area contributed by atoms with Crippen LogP contribution in [-0.2, 0) is 22.6 Å². The van der Waals surface area contributed by atoms with Crippen molar-refractivity contribution in [2.24, 2.45) is 5.92 Å². The van der Waals surface area contributed by atoms with Crippen molar-refractivity contribution >= 4 is 35.2 Å². The molecule has 0 aliphatic rings. The van der Waals surface area contributed by atoms with Gasteiger partial charge in [-0.2, -0.15) is 0 Å². The third-order valence-electron chi connectivity index (χ3n) is 5.55. The summed E-state index contributed by atoms with van der Waals surface area (Å²) in [4.78, 5) is 29.9. The predicted octanol–water partition coefficient (Wildman–Crippen LogP) is 6.23. The molecule has 3 rings (SSSR count). The van der Waals surface area contributed by atoms with Crippen LogP contribution in [-0.4, -0.2) is 35.1 Å². The fraction of sp³-hybridized carbons (Fsp3) is 0.310. The van der Waals surface area contributed by atoms with Gasteiger partial charge in [-0.3, -0.25) is 9.59 Å². The first-order chi connectivity index (χ1) is 16.9. The normalized spacial score (nSPS) is 11.8. The van der Waals surface area contributed by atoms with Gasteiger partial charge in [0.1, 0.15) is 6.04 Å². The summed E-state index contributed by atoms with van der Waals surface area (Å²) in [7, 11) is 0. The number of hydrogen-bond donors (Lipinski definition) is 1. The summed E-state index contributed by atoms with van der Waals surface area (Å²) in [5.74, 6) is 0.801. The van der Waals surface area contributed by atoms with Crippen molar-refractivity contribution in [1.82, 2.24) is 10.2 Å². The first kappa shape index (κ1) is 26.8. The van der Waals surface area contributed by atoms with Crippen LogP contribution in [0.15, 0.2) is 89.8 Å². The maximum atomic E-state index is 13.6. The third kappa shape index (κ3) is 9.08. The molecule has 1 N–H and O–H groups in total. The number of amides is 2. The van der Waals surface area contributed by atoms with Gasteiger partial charge in [0.25, 0.3) is 0 Å². The van der Waals surface area contributed by atoms with Gasteiger partial charge in [-0.25, -0.2) is 0 Å². The lowest BCUT2D eigenvalue weighted by molar-refractivity contribution is -0.141. The Morgan fingerprint density at radius 3 is 2.14 bits per heavy atom. The minimum Gasteiger partial charge on any atom is -0.354 e. The maximum absolute atomic E-state index is 13.6. The molecule has 35 heavy (non-hydrogen) atoms. The quantitative estimate of drug-likeness (QED) is 0.295. The second-order valence-corrected chi connectivity index (χ2v) is 10.5. The zero-order valence-corrected chi connectivity index (χ0v) is 21.9. The van der Waals surface area contributed by atoms with Crippen molar-refractivity contribution in [1.29, 1.82) is 0 Å². The van der Waals surface area contributed by atoms with Gasteiger partial charge < -0.3 is 10.2 Å². The van der Waals surface area contributed by atoms with Gasteiger partial charge in [0, 0.05) is 41.6 Å². The van der Waals surface area contributed by atoms with Gasteiger partial charge >= 0.3 is 0 Å². The van der Waals surface area contributed by atoms with Crippen LogP contribution in [0.25, 0.3) is 0 Å². The van der Waals surface area contributed by atoms with Crippen LogP contribution in [0.3, 0.4) is 0 Å². The Morgan fingerprint density at radius 2 is 1.51 bits per heavy atom. The van der Waals surface area contributed by atoms with E-state index in [1.54, 1.807) is 16.7 Å². The number of carbonyl (C=O) groups is 2. The van der Waals surface area contributed by atoms with Gasteiger partial charge in [-0.15, -0.1) is 11.8 Å². The number of nitrogens with one attached hydrogen (secondary N) is 1. The number of thioether (sulfide) groups is 1. The Balaban J connectivity index is 1.83. The van der Waals surface area contributed by atoms with E-state index in [0.717, 1.165) is 16.0 Å². The zero-order chi connectivity index (χ0) is 25.0. The first-order valence-corrected chi connectivity index (χ1v) is 13.3. The Bertz CT molecular complexity index is 1060. The Kier molecular flexibility index (Phi) is 10.7. The zero-order valence-electron chi connectivity index (χ0n) is 20.3. The number of halogens is 1. The summed E-state index contributed by atoms with van der Waals surface area (Å²) < 4.78 is 0. The number of nitrogens with zero attached hydrogens (tertiary/aromatic N) is 1. The summed E-state index contributed by atoms with van der Waals surface area (Å²) >= 11 is 7.73. The van der Waals surface area contributed by atoms with Crippen LogP contribution in [0, 0.1) is 5.92 Å². The molecule has 0 spiro atoms. The van der Waals surface area contributed by atoms with Crippen LogP contribution in [0.1, 0.15) is 31.4 Å². The van der Waals surface area contributed by atoms with Gasteiger partial charge in [0.2, 0.25) is 11.8 Å². The third-order valence-corrected chi connectivity index (χ3v) is 6.82. The molecule has 3 aromatic carbocycles. The Labute approximate surface area is 218 Å². The SMILES string of the molecule is CC(C)CNC(=O)[C@@H](Cc1ccccc1)N(Cc1ccc(Cl)cc1)C(=O)CCSc1ccccc1. The van der Waals surface area contributed by atoms with Crippen molar-refractivity contribution in [3.8, 4) is 0 Å². The number of benzene rings is 3. The van der Waals surface area contributed by atoms with Gasteiger partial charge in [0.15, 0.2) is 0 Å². The summed E-state index contributed by atoms with van der Waals surface area (Å²) in [5, 5.41) is 3.70. The number of carbonyl (C=O) groups excluding carboxylic acids is 2. The Morgan fingerprint density at radius 1 is 0.886 bits per heavy atom. The smallest absolute Gasteiger partial charge is 0.243 e. The molecule has 4 nitrogen and oxygen atoms in total. The van der Waals surface area contributed by atoms with Crippen molar-refractivity contribution in [3.63, 3.8) is 0 Å². The molecule has 0 aliphatic carbocycles. The molecule has 0 saturated carbocycles. The van der Waals surface area contributed by atoms with E-state index in [0.29, 0.717) is 42.6 Å². The van der Waals surface area contributed by atoms with Gasteiger partial charge in [0.05, 0.1) is 0 Å². The highest BCUT2D eigenvalue weighted by Gasteiger charge is 2.30. The highest BCUT2D eigenvalue weighted by Crippen LogP contribution is 2.21. The lowest BCUT2D eigenvalue weighted by Crippen LogP contribution is -2.51. The molecule has 0 saturated heterocycles.